The highest BCUT2D eigenvalue weighted by molar-refractivity contribution is 8.10. The van der Waals surface area contributed by atoms with Crippen LogP contribution in [0.4, 0.5) is 0 Å². The largest absolute Gasteiger partial charge is 0.368 e. The second kappa shape index (κ2) is 3.50. The second-order valence-electron chi connectivity index (χ2n) is 0.884. The number of rotatable bonds is 0. The smallest absolute Gasteiger partial charge is 0.249 e. The van der Waals surface area contributed by atoms with Gasteiger partial charge in [-0.15, -0.1) is 0 Å². The molecule has 0 saturated carbocycles. The van der Waals surface area contributed by atoms with E-state index < -0.39 is 0 Å². The molecule has 0 heterocycles. The molecule has 0 fully saturated rings. The highest BCUT2D eigenvalue weighted by Gasteiger charge is 1.86. The topological polar surface area (TPSA) is 71.1 Å². The summed E-state index contributed by atoms with van der Waals surface area (Å²) in [6.45, 7) is 0. The minimum Gasteiger partial charge on any atom is -0.368 e. The van der Waals surface area contributed by atoms with Crippen molar-refractivity contribution in [2.24, 2.45) is 5.73 Å². The molecular weight excluding hydrogens is 146 g/mol. The summed E-state index contributed by atoms with van der Waals surface area (Å²) in [5.74, 6) is -0.304. The lowest BCUT2D eigenvalue weighted by Gasteiger charge is -2.00. The summed E-state index contributed by atoms with van der Waals surface area (Å²) in [6, 6.07) is 0. The van der Waals surface area contributed by atoms with Gasteiger partial charge in [-0.2, -0.15) is 5.48 Å². The third kappa shape index (κ3) is 5.51. The Bertz CT molecular complexity index is 99.9. The van der Waals surface area contributed by atoms with E-state index in [1.165, 1.54) is 0 Å². The molecule has 6 heteroatoms. The van der Waals surface area contributed by atoms with E-state index in [-0.39, 0.29) is 10.3 Å². The van der Waals surface area contributed by atoms with Gasteiger partial charge in [-0.3, -0.25) is 5.41 Å². The van der Waals surface area contributed by atoms with Crippen LogP contribution in [0.15, 0.2) is 0 Å². The molecule has 0 aliphatic rings. The first-order valence-corrected chi connectivity index (χ1v) is 2.48. The number of hydrogen-bond donors (Lipinski definition) is 4. The summed E-state index contributed by atoms with van der Waals surface area (Å²) in [7, 11) is 0. The van der Waals surface area contributed by atoms with Gasteiger partial charge in [0.1, 0.15) is 0 Å². The van der Waals surface area contributed by atoms with Gasteiger partial charge in [0, 0.05) is 0 Å². The molecule has 0 bridgehead atoms. The van der Waals surface area contributed by atoms with E-state index in [0.717, 1.165) is 0 Å². The minimum atomic E-state index is -0.304. The molecule has 0 saturated heterocycles. The van der Waals surface area contributed by atoms with Crippen molar-refractivity contribution in [2.75, 3.05) is 0 Å². The van der Waals surface area contributed by atoms with E-state index in [0.29, 0.717) is 0 Å². The molecular formula is C2H5N3OS2. The van der Waals surface area contributed by atoms with Crippen LogP contribution >= 0.6 is 24.8 Å². The Morgan fingerprint density at radius 3 is 2.50 bits per heavy atom. The fourth-order valence-electron chi connectivity index (χ4n) is 0.0986. The first-order valence-electron chi connectivity index (χ1n) is 1.62. The van der Waals surface area contributed by atoms with Gasteiger partial charge in [-0.05, 0) is 12.2 Å². The second-order valence-corrected chi connectivity index (χ2v) is 1.96. The van der Waals surface area contributed by atoms with Crippen LogP contribution in [0.2, 0.25) is 0 Å². The minimum absolute atomic E-state index is 0.000185. The maximum atomic E-state index is 6.54. The Morgan fingerprint density at radius 1 is 1.88 bits per heavy atom. The van der Waals surface area contributed by atoms with Crippen LogP contribution in [0.1, 0.15) is 0 Å². The molecule has 0 radical (unpaired) electrons. The average Bonchev–Trinajstić information content (AvgIpc) is 1.61. The van der Waals surface area contributed by atoms with Crippen molar-refractivity contribution in [2.45, 2.75) is 0 Å². The van der Waals surface area contributed by atoms with E-state index in [4.69, 9.17) is 11.1 Å². The van der Waals surface area contributed by atoms with Crippen LogP contribution in [-0.4, -0.2) is 10.3 Å². The molecule has 46 valence electrons. The van der Waals surface area contributed by atoms with E-state index in [9.17, 15) is 0 Å². The first-order chi connectivity index (χ1) is 3.63. The Hall–Kier alpha value is -0.490. The number of hydroxylamine groups is 1. The summed E-state index contributed by atoms with van der Waals surface area (Å²) in [4.78, 5) is 4.30. The van der Waals surface area contributed by atoms with Crippen LogP contribution < -0.4 is 11.2 Å². The van der Waals surface area contributed by atoms with Gasteiger partial charge in [0.05, 0.1) is 0 Å². The summed E-state index contributed by atoms with van der Waals surface area (Å²) in [5, 5.41) is 6.54. The standard InChI is InChI=1S/C2H5N3OS2/c3-1(4)5-6-2(7)8/h(H,7,8)(H4,3,4,5). The molecule has 8 heavy (non-hydrogen) atoms. The van der Waals surface area contributed by atoms with E-state index >= 15 is 0 Å². The van der Waals surface area contributed by atoms with Gasteiger partial charge in [0.25, 0.3) is 0 Å². The fourth-order valence-corrected chi connectivity index (χ4v) is 0.186. The summed E-state index contributed by atoms with van der Waals surface area (Å²) < 4.78 is 0.000185. The van der Waals surface area contributed by atoms with Gasteiger partial charge >= 0.3 is 0 Å². The molecule has 0 aliphatic heterocycles. The predicted octanol–water partition coefficient (Wildman–Crippen LogP) is -0.384. The molecule has 0 aromatic carbocycles. The SMILES string of the molecule is N=C(N)NOC(=S)S. The van der Waals surface area contributed by atoms with Crippen LogP contribution in [0.5, 0.6) is 0 Å². The van der Waals surface area contributed by atoms with E-state index in [1.807, 2.05) is 5.48 Å². The van der Waals surface area contributed by atoms with Crippen molar-refractivity contribution < 1.29 is 4.84 Å². The van der Waals surface area contributed by atoms with E-state index in [2.05, 4.69) is 29.7 Å². The third-order valence-electron chi connectivity index (χ3n) is 0.248. The Balaban J connectivity index is 3.18. The molecule has 4 N–H and O–H groups in total. The van der Waals surface area contributed by atoms with Crippen molar-refractivity contribution in [3.8, 4) is 0 Å². The molecule has 0 rings (SSSR count). The molecule has 0 unspecified atom stereocenters. The number of nitrogens with one attached hydrogen (secondary N) is 2. The van der Waals surface area contributed by atoms with E-state index in [1.54, 1.807) is 0 Å². The lowest BCUT2D eigenvalue weighted by atomic mass is 11.1. The van der Waals surface area contributed by atoms with Crippen molar-refractivity contribution in [1.82, 2.24) is 5.48 Å². The van der Waals surface area contributed by atoms with Gasteiger partial charge in [-0.1, -0.05) is 12.6 Å². The zero-order chi connectivity index (χ0) is 6.57. The van der Waals surface area contributed by atoms with Gasteiger partial charge < -0.3 is 10.6 Å². The lowest BCUT2D eigenvalue weighted by Crippen LogP contribution is -2.30. The maximum Gasteiger partial charge on any atom is 0.249 e. The fraction of sp³-hybridized carbons (Fsp3) is 0. The Kier molecular flexibility index (Phi) is 3.29. The number of hydrogen-bond acceptors (Lipinski definition) is 3. The number of guanidine groups is 1. The van der Waals surface area contributed by atoms with Crippen LogP contribution in [0.3, 0.4) is 0 Å². The van der Waals surface area contributed by atoms with Gasteiger partial charge in [0.15, 0.2) is 0 Å². The molecule has 0 aromatic heterocycles. The van der Waals surface area contributed by atoms with Gasteiger partial charge in [0.2, 0.25) is 10.3 Å². The Labute approximate surface area is 57.3 Å². The summed E-state index contributed by atoms with van der Waals surface area (Å²) in [5.41, 5.74) is 6.78. The number of thiol groups is 1. The highest BCUT2D eigenvalue weighted by atomic mass is 32.1. The monoisotopic (exact) mass is 151 g/mol. The first kappa shape index (κ1) is 7.51. The summed E-state index contributed by atoms with van der Waals surface area (Å²) >= 11 is 7.91. The predicted molar refractivity (Wildman–Crippen MR) is 37.7 cm³/mol. The zero-order valence-electron chi connectivity index (χ0n) is 3.84. The van der Waals surface area contributed by atoms with Crippen LogP contribution in [-0.2, 0) is 4.84 Å². The Morgan fingerprint density at radius 2 is 2.38 bits per heavy atom. The molecule has 0 spiro atoms. The summed E-state index contributed by atoms with van der Waals surface area (Å²) in [6.07, 6.45) is 0. The van der Waals surface area contributed by atoms with Crippen molar-refractivity contribution in [3.05, 3.63) is 0 Å². The van der Waals surface area contributed by atoms with Crippen molar-refractivity contribution in [1.29, 1.82) is 5.41 Å². The quantitative estimate of drug-likeness (QED) is 0.125. The molecule has 4 nitrogen and oxygen atoms in total. The molecule has 0 aliphatic carbocycles. The van der Waals surface area contributed by atoms with Crippen molar-refractivity contribution >= 4 is 35.2 Å². The third-order valence-corrected chi connectivity index (χ3v) is 0.423. The normalized spacial score (nSPS) is 7.62. The van der Waals surface area contributed by atoms with Crippen LogP contribution in [0, 0.1) is 5.41 Å². The van der Waals surface area contributed by atoms with Crippen LogP contribution in [0.25, 0.3) is 0 Å². The highest BCUT2D eigenvalue weighted by Crippen LogP contribution is 1.80. The molecule has 0 amide bonds. The molecule has 0 aromatic rings. The van der Waals surface area contributed by atoms with Gasteiger partial charge in [-0.25, -0.2) is 0 Å². The number of thiocarbonyl (C=S) groups is 1. The van der Waals surface area contributed by atoms with Crippen molar-refractivity contribution in [3.63, 3.8) is 0 Å². The zero-order valence-corrected chi connectivity index (χ0v) is 5.55. The average molecular weight is 151 g/mol. The lowest BCUT2D eigenvalue weighted by molar-refractivity contribution is 0.261. The maximum absolute atomic E-state index is 6.54. The molecule has 0 atom stereocenters. The number of nitrogens with two attached hydrogens (primary N) is 1.